The lowest BCUT2D eigenvalue weighted by Crippen LogP contribution is -2.58. The summed E-state index contributed by atoms with van der Waals surface area (Å²) in [4.78, 5) is 2.38. The Hall–Kier alpha value is -2.33. The smallest absolute Gasteiger partial charge is 0.200 e. The molecule has 0 unspecified atom stereocenters. The molecule has 1 fully saturated rings. The zero-order valence-electron chi connectivity index (χ0n) is 16.4. The van der Waals surface area contributed by atoms with Gasteiger partial charge in [-0.15, -0.1) is 0 Å². The second-order valence-electron chi connectivity index (χ2n) is 8.37. The first-order valence-electron chi connectivity index (χ1n) is 9.96. The van der Waals surface area contributed by atoms with Crippen molar-refractivity contribution < 1.29 is 4.74 Å². The molecule has 0 bridgehead atoms. The average Bonchev–Trinajstić information content (AvgIpc) is 3.12. The second-order valence-corrected chi connectivity index (χ2v) is 8.37. The number of ether oxygens (including phenoxy) is 1. The van der Waals surface area contributed by atoms with Crippen LogP contribution in [0.15, 0.2) is 47.6 Å². The number of hydrogen-bond acceptors (Lipinski definition) is 4. The SMILES string of the molecule is Cc1ccc(C2=NN3[C@H](C2)c2cc(C)ccc2OC32CCN(C)CC2)cc1. The van der Waals surface area contributed by atoms with E-state index in [9.17, 15) is 0 Å². The highest BCUT2D eigenvalue weighted by Gasteiger charge is 2.51. The zero-order valence-corrected chi connectivity index (χ0v) is 16.4. The van der Waals surface area contributed by atoms with Gasteiger partial charge in [0, 0.05) is 37.9 Å². The van der Waals surface area contributed by atoms with E-state index in [-0.39, 0.29) is 11.8 Å². The number of nitrogens with zero attached hydrogens (tertiary/aromatic N) is 3. The van der Waals surface area contributed by atoms with Crippen LogP contribution >= 0.6 is 0 Å². The third-order valence-corrected chi connectivity index (χ3v) is 6.31. The Balaban J connectivity index is 1.58. The lowest BCUT2D eigenvalue weighted by atomic mass is 9.90. The first-order chi connectivity index (χ1) is 13.0. The van der Waals surface area contributed by atoms with Gasteiger partial charge in [-0.25, -0.2) is 5.01 Å². The van der Waals surface area contributed by atoms with Gasteiger partial charge in [0.25, 0.3) is 0 Å². The lowest BCUT2D eigenvalue weighted by Gasteiger charge is -2.50. The molecule has 0 aliphatic carbocycles. The number of aryl methyl sites for hydroxylation is 2. The number of likely N-dealkylation sites (tertiary alicyclic amines) is 1. The van der Waals surface area contributed by atoms with Crippen LogP contribution in [0.3, 0.4) is 0 Å². The Morgan fingerprint density at radius 1 is 1.00 bits per heavy atom. The van der Waals surface area contributed by atoms with Crippen molar-refractivity contribution in [1.29, 1.82) is 0 Å². The molecule has 0 radical (unpaired) electrons. The molecule has 27 heavy (non-hydrogen) atoms. The molecule has 3 aliphatic rings. The summed E-state index contributed by atoms with van der Waals surface area (Å²) in [5, 5.41) is 7.45. The monoisotopic (exact) mass is 361 g/mol. The van der Waals surface area contributed by atoms with Crippen LogP contribution in [0.5, 0.6) is 5.75 Å². The molecule has 140 valence electrons. The van der Waals surface area contributed by atoms with Crippen molar-refractivity contribution in [1.82, 2.24) is 9.91 Å². The van der Waals surface area contributed by atoms with Crippen molar-refractivity contribution >= 4 is 5.71 Å². The lowest BCUT2D eigenvalue weighted by molar-refractivity contribution is -0.147. The number of piperidine rings is 1. The maximum Gasteiger partial charge on any atom is 0.200 e. The second kappa shape index (κ2) is 6.10. The number of rotatable bonds is 1. The van der Waals surface area contributed by atoms with Gasteiger partial charge in [0.2, 0.25) is 5.72 Å². The third kappa shape index (κ3) is 2.74. The maximum absolute atomic E-state index is 6.67. The molecule has 0 saturated carbocycles. The first-order valence-corrected chi connectivity index (χ1v) is 9.96. The average molecular weight is 361 g/mol. The van der Waals surface area contributed by atoms with E-state index in [0.29, 0.717) is 0 Å². The van der Waals surface area contributed by atoms with Crippen molar-refractivity contribution in [3.05, 3.63) is 64.7 Å². The van der Waals surface area contributed by atoms with Crippen molar-refractivity contribution in [2.75, 3.05) is 20.1 Å². The summed E-state index contributed by atoms with van der Waals surface area (Å²) in [6.45, 7) is 6.37. The Morgan fingerprint density at radius 3 is 2.44 bits per heavy atom. The molecule has 5 rings (SSSR count). The van der Waals surface area contributed by atoms with Crippen molar-refractivity contribution in [3.63, 3.8) is 0 Å². The van der Waals surface area contributed by atoms with Crippen LogP contribution < -0.4 is 4.74 Å². The molecule has 3 aliphatic heterocycles. The Bertz CT molecular complexity index is 894. The van der Waals surface area contributed by atoms with Crippen molar-refractivity contribution in [3.8, 4) is 5.75 Å². The zero-order chi connectivity index (χ0) is 18.6. The van der Waals surface area contributed by atoms with Gasteiger partial charge in [0.05, 0.1) is 11.8 Å². The van der Waals surface area contributed by atoms with E-state index in [1.54, 1.807) is 0 Å². The minimum atomic E-state index is -0.314. The molecule has 1 spiro atoms. The van der Waals surface area contributed by atoms with E-state index in [4.69, 9.17) is 9.84 Å². The van der Waals surface area contributed by atoms with E-state index in [0.717, 1.165) is 38.1 Å². The molecule has 0 aromatic heterocycles. The Kier molecular flexibility index (Phi) is 3.80. The summed E-state index contributed by atoms with van der Waals surface area (Å²) in [5.74, 6) is 1.05. The van der Waals surface area contributed by atoms with Gasteiger partial charge < -0.3 is 9.64 Å². The Labute approximate surface area is 161 Å². The minimum Gasteiger partial charge on any atom is -0.466 e. The predicted octanol–water partition coefficient (Wildman–Crippen LogP) is 4.27. The van der Waals surface area contributed by atoms with Crippen LogP contribution in [0, 0.1) is 13.8 Å². The highest BCUT2D eigenvalue weighted by atomic mass is 16.5. The van der Waals surface area contributed by atoms with Crippen LogP contribution in [0.2, 0.25) is 0 Å². The molecule has 4 nitrogen and oxygen atoms in total. The third-order valence-electron chi connectivity index (χ3n) is 6.31. The molecular weight excluding hydrogens is 334 g/mol. The van der Waals surface area contributed by atoms with Crippen LogP contribution in [0.4, 0.5) is 0 Å². The minimum absolute atomic E-state index is 0.272. The van der Waals surface area contributed by atoms with E-state index in [2.05, 4.69) is 73.3 Å². The molecule has 2 aromatic carbocycles. The van der Waals surface area contributed by atoms with Gasteiger partial charge in [0.15, 0.2) is 0 Å². The van der Waals surface area contributed by atoms with Crippen LogP contribution in [-0.4, -0.2) is 41.5 Å². The number of benzene rings is 2. The first kappa shape index (κ1) is 16.8. The van der Waals surface area contributed by atoms with Gasteiger partial charge in [-0.05, 0) is 32.5 Å². The molecule has 1 atom stereocenters. The molecule has 0 N–H and O–H groups in total. The number of hydrazone groups is 1. The summed E-state index contributed by atoms with van der Waals surface area (Å²) in [6, 6.07) is 15.6. The van der Waals surface area contributed by atoms with Crippen LogP contribution in [0.1, 0.15) is 47.6 Å². The predicted molar refractivity (Wildman–Crippen MR) is 108 cm³/mol. The van der Waals surface area contributed by atoms with E-state index in [1.165, 1.54) is 28.0 Å². The summed E-state index contributed by atoms with van der Waals surface area (Å²) >= 11 is 0. The molecule has 4 heteroatoms. The molecule has 1 saturated heterocycles. The number of fused-ring (bicyclic) bond motifs is 4. The summed E-state index contributed by atoms with van der Waals surface area (Å²) in [5.41, 5.74) is 5.94. The van der Waals surface area contributed by atoms with Gasteiger partial charge in [-0.1, -0.05) is 47.5 Å². The molecule has 3 heterocycles. The fourth-order valence-corrected chi connectivity index (χ4v) is 4.62. The summed E-state index contributed by atoms with van der Waals surface area (Å²) < 4.78 is 6.67. The highest BCUT2D eigenvalue weighted by Crippen LogP contribution is 2.50. The van der Waals surface area contributed by atoms with E-state index < -0.39 is 0 Å². The maximum atomic E-state index is 6.67. The van der Waals surface area contributed by atoms with E-state index >= 15 is 0 Å². The standard InChI is InChI=1S/C23H27N3O/c1-16-4-7-18(8-5-16)20-15-21-19-14-17(2)6-9-22(19)27-23(26(21)24-20)10-12-25(3)13-11-23/h4-9,14,21H,10-13,15H2,1-3H3/t21-/m1/s1. The van der Waals surface area contributed by atoms with E-state index in [1.807, 2.05) is 0 Å². The molecular formula is C23H27N3O. The van der Waals surface area contributed by atoms with Crippen molar-refractivity contribution in [2.24, 2.45) is 5.10 Å². The van der Waals surface area contributed by atoms with Gasteiger partial charge in [-0.2, -0.15) is 5.10 Å². The van der Waals surface area contributed by atoms with Crippen LogP contribution in [-0.2, 0) is 0 Å². The van der Waals surface area contributed by atoms with Gasteiger partial charge in [0.1, 0.15) is 5.75 Å². The largest absolute Gasteiger partial charge is 0.466 e. The normalized spacial score (nSPS) is 23.6. The summed E-state index contributed by atoms with van der Waals surface area (Å²) in [7, 11) is 2.19. The molecule has 2 aromatic rings. The van der Waals surface area contributed by atoms with Crippen molar-refractivity contribution in [2.45, 2.75) is 44.9 Å². The quantitative estimate of drug-likeness (QED) is 0.759. The number of hydrogen-bond donors (Lipinski definition) is 0. The molecule has 0 amide bonds. The topological polar surface area (TPSA) is 28.1 Å². The highest BCUT2D eigenvalue weighted by molar-refractivity contribution is 6.02. The Morgan fingerprint density at radius 2 is 1.70 bits per heavy atom. The van der Waals surface area contributed by atoms with Crippen LogP contribution in [0.25, 0.3) is 0 Å². The fraction of sp³-hybridized carbons (Fsp3) is 0.435. The van der Waals surface area contributed by atoms with Gasteiger partial charge >= 0.3 is 0 Å². The van der Waals surface area contributed by atoms with Gasteiger partial charge in [-0.3, -0.25) is 0 Å². The summed E-state index contributed by atoms with van der Waals surface area (Å²) in [6.07, 6.45) is 2.91. The fourth-order valence-electron chi connectivity index (χ4n) is 4.62.